The van der Waals surface area contributed by atoms with Crippen LogP contribution in [0.3, 0.4) is 0 Å². The van der Waals surface area contributed by atoms with Crippen LogP contribution in [0.25, 0.3) is 0 Å². The maximum absolute atomic E-state index is 12.9. The molecule has 1 rings (SSSR count). The first kappa shape index (κ1) is 15.6. The molecule has 0 bridgehead atoms. The molecule has 0 fully saturated rings. The molecule has 0 aliphatic heterocycles. The molecule has 1 aromatic rings. The normalized spacial score (nSPS) is 14.1. The van der Waals surface area contributed by atoms with Gasteiger partial charge in [-0.3, -0.25) is 4.79 Å². The Balaban J connectivity index is 2.80. The van der Waals surface area contributed by atoms with Crippen molar-refractivity contribution in [3.05, 3.63) is 35.6 Å². The molecule has 0 radical (unpaired) electrons. The van der Waals surface area contributed by atoms with E-state index in [9.17, 15) is 9.18 Å². The number of nitrogens with one attached hydrogen (secondary N) is 1. The van der Waals surface area contributed by atoms with E-state index >= 15 is 0 Å². The maximum atomic E-state index is 12.9. The van der Waals surface area contributed by atoms with E-state index in [0.29, 0.717) is 0 Å². The first-order chi connectivity index (χ1) is 8.55. The minimum atomic E-state index is -0.693. The van der Waals surface area contributed by atoms with Gasteiger partial charge in [-0.1, -0.05) is 12.1 Å². The fraction of sp³-hybridized carbons (Fsp3) is 0.533. The van der Waals surface area contributed by atoms with Gasteiger partial charge in [0.1, 0.15) is 5.82 Å². The first-order valence-electron chi connectivity index (χ1n) is 6.41. The number of rotatable bonds is 4. The average Bonchev–Trinajstić information content (AvgIpc) is 2.28. The highest BCUT2D eigenvalue weighted by atomic mass is 19.1. The van der Waals surface area contributed by atoms with Crippen LogP contribution < -0.4 is 11.1 Å². The van der Waals surface area contributed by atoms with Gasteiger partial charge in [0.15, 0.2) is 0 Å². The van der Waals surface area contributed by atoms with Crippen LogP contribution in [0.2, 0.25) is 0 Å². The standard InChI is InChI=1S/C15H23FN2O/c1-10(11-6-8-12(16)9-7-11)18-13(19)14(2,3)15(4,5)17/h6-10H,17H2,1-5H3,(H,18,19)/t10-/m1/s1. The van der Waals surface area contributed by atoms with E-state index in [4.69, 9.17) is 5.73 Å². The molecule has 0 aliphatic rings. The third kappa shape index (κ3) is 3.53. The van der Waals surface area contributed by atoms with Crippen molar-refractivity contribution < 1.29 is 9.18 Å². The summed E-state index contributed by atoms with van der Waals surface area (Å²) < 4.78 is 12.9. The second-order valence-corrected chi connectivity index (χ2v) is 6.09. The summed E-state index contributed by atoms with van der Waals surface area (Å²) in [5, 5.41) is 2.92. The van der Waals surface area contributed by atoms with E-state index in [-0.39, 0.29) is 17.8 Å². The summed E-state index contributed by atoms with van der Waals surface area (Å²) in [5.41, 5.74) is 5.58. The lowest BCUT2D eigenvalue weighted by molar-refractivity contribution is -0.132. The van der Waals surface area contributed by atoms with E-state index in [1.807, 2.05) is 34.6 Å². The molecule has 3 nitrogen and oxygen atoms in total. The summed E-state index contributed by atoms with van der Waals surface area (Å²) in [6.45, 7) is 9.16. The molecule has 0 heterocycles. The summed E-state index contributed by atoms with van der Waals surface area (Å²) in [6, 6.07) is 5.92. The Morgan fingerprint density at radius 3 is 2.11 bits per heavy atom. The van der Waals surface area contributed by atoms with Gasteiger partial charge in [-0.25, -0.2) is 4.39 Å². The topological polar surface area (TPSA) is 55.1 Å². The van der Waals surface area contributed by atoms with Crippen molar-refractivity contribution in [2.24, 2.45) is 11.1 Å². The van der Waals surface area contributed by atoms with Crippen molar-refractivity contribution in [1.82, 2.24) is 5.32 Å². The Bertz CT molecular complexity index is 446. The number of hydrogen-bond donors (Lipinski definition) is 2. The number of halogens is 1. The lowest BCUT2D eigenvalue weighted by Gasteiger charge is -2.37. The van der Waals surface area contributed by atoms with Crippen LogP contribution in [0.5, 0.6) is 0 Å². The Morgan fingerprint density at radius 2 is 1.68 bits per heavy atom. The van der Waals surface area contributed by atoms with Crippen LogP contribution in [-0.4, -0.2) is 11.4 Å². The van der Waals surface area contributed by atoms with Crippen LogP contribution in [-0.2, 0) is 4.79 Å². The van der Waals surface area contributed by atoms with Gasteiger partial charge in [0.05, 0.1) is 11.5 Å². The van der Waals surface area contributed by atoms with E-state index in [1.54, 1.807) is 12.1 Å². The SMILES string of the molecule is C[C@@H](NC(=O)C(C)(C)C(C)(C)N)c1ccc(F)cc1. The second-order valence-electron chi connectivity index (χ2n) is 6.09. The number of benzene rings is 1. The predicted octanol–water partition coefficient (Wildman–Crippen LogP) is 2.77. The molecule has 0 saturated heterocycles. The van der Waals surface area contributed by atoms with Gasteiger partial charge in [0, 0.05) is 5.54 Å². The van der Waals surface area contributed by atoms with Crippen molar-refractivity contribution in [2.75, 3.05) is 0 Å². The second kappa shape index (κ2) is 5.29. The smallest absolute Gasteiger partial charge is 0.227 e. The molecular formula is C15H23FN2O. The van der Waals surface area contributed by atoms with Crippen molar-refractivity contribution >= 4 is 5.91 Å². The van der Waals surface area contributed by atoms with Gasteiger partial charge in [-0.15, -0.1) is 0 Å². The third-order valence-electron chi connectivity index (χ3n) is 3.90. The van der Waals surface area contributed by atoms with E-state index in [2.05, 4.69) is 5.32 Å². The molecular weight excluding hydrogens is 243 g/mol. The lowest BCUT2D eigenvalue weighted by Crippen LogP contribution is -2.55. The summed E-state index contributed by atoms with van der Waals surface area (Å²) in [6.07, 6.45) is 0. The summed E-state index contributed by atoms with van der Waals surface area (Å²) >= 11 is 0. The molecule has 1 aromatic carbocycles. The third-order valence-corrected chi connectivity index (χ3v) is 3.90. The van der Waals surface area contributed by atoms with Gasteiger partial charge in [0.25, 0.3) is 0 Å². The number of nitrogens with two attached hydrogens (primary N) is 1. The molecule has 1 amide bonds. The average molecular weight is 266 g/mol. The van der Waals surface area contributed by atoms with Gasteiger partial charge >= 0.3 is 0 Å². The van der Waals surface area contributed by atoms with Crippen LogP contribution >= 0.6 is 0 Å². The Kier molecular flexibility index (Phi) is 4.35. The lowest BCUT2D eigenvalue weighted by atomic mass is 9.74. The van der Waals surface area contributed by atoms with E-state index in [0.717, 1.165) is 5.56 Å². The number of hydrogen-bond acceptors (Lipinski definition) is 2. The maximum Gasteiger partial charge on any atom is 0.227 e. The fourth-order valence-corrected chi connectivity index (χ4v) is 1.50. The number of carbonyl (C=O) groups excluding carboxylic acids is 1. The monoisotopic (exact) mass is 266 g/mol. The number of carbonyl (C=O) groups is 1. The van der Waals surface area contributed by atoms with Crippen LogP contribution in [0.4, 0.5) is 4.39 Å². The van der Waals surface area contributed by atoms with Crippen LogP contribution in [0, 0.1) is 11.2 Å². The Hall–Kier alpha value is -1.42. The largest absolute Gasteiger partial charge is 0.349 e. The Labute approximate surface area is 114 Å². The van der Waals surface area contributed by atoms with E-state index < -0.39 is 11.0 Å². The van der Waals surface area contributed by atoms with Gasteiger partial charge < -0.3 is 11.1 Å². The van der Waals surface area contributed by atoms with Crippen LogP contribution in [0.15, 0.2) is 24.3 Å². The summed E-state index contributed by atoms with van der Waals surface area (Å²) in [4.78, 5) is 12.3. The minimum Gasteiger partial charge on any atom is -0.349 e. The molecule has 0 saturated carbocycles. The zero-order chi connectivity index (χ0) is 14.8. The van der Waals surface area contributed by atoms with Crippen molar-refractivity contribution in [2.45, 2.75) is 46.2 Å². The van der Waals surface area contributed by atoms with Crippen molar-refractivity contribution in [1.29, 1.82) is 0 Å². The molecule has 0 spiro atoms. The predicted molar refractivity (Wildman–Crippen MR) is 75.0 cm³/mol. The molecule has 0 aliphatic carbocycles. The van der Waals surface area contributed by atoms with Crippen molar-refractivity contribution in [3.8, 4) is 0 Å². The minimum absolute atomic E-state index is 0.114. The number of amides is 1. The molecule has 4 heteroatoms. The zero-order valence-electron chi connectivity index (χ0n) is 12.3. The molecule has 19 heavy (non-hydrogen) atoms. The van der Waals surface area contributed by atoms with Gasteiger partial charge in [-0.2, -0.15) is 0 Å². The highest BCUT2D eigenvalue weighted by molar-refractivity contribution is 5.83. The molecule has 1 atom stereocenters. The molecule has 106 valence electrons. The van der Waals surface area contributed by atoms with Gasteiger partial charge in [0.2, 0.25) is 5.91 Å². The van der Waals surface area contributed by atoms with E-state index in [1.165, 1.54) is 12.1 Å². The molecule has 0 unspecified atom stereocenters. The van der Waals surface area contributed by atoms with Crippen molar-refractivity contribution in [3.63, 3.8) is 0 Å². The molecule has 0 aromatic heterocycles. The quantitative estimate of drug-likeness (QED) is 0.880. The molecule has 3 N–H and O–H groups in total. The van der Waals surface area contributed by atoms with Crippen LogP contribution in [0.1, 0.15) is 46.2 Å². The summed E-state index contributed by atoms with van der Waals surface area (Å²) in [7, 11) is 0. The zero-order valence-corrected chi connectivity index (χ0v) is 12.3. The highest BCUT2D eigenvalue weighted by Crippen LogP contribution is 2.29. The fourth-order valence-electron chi connectivity index (χ4n) is 1.50. The highest BCUT2D eigenvalue weighted by Gasteiger charge is 2.40. The summed E-state index contributed by atoms with van der Waals surface area (Å²) in [5.74, 6) is -0.400. The Morgan fingerprint density at radius 1 is 1.21 bits per heavy atom. The van der Waals surface area contributed by atoms with Gasteiger partial charge in [-0.05, 0) is 52.3 Å². The first-order valence-corrected chi connectivity index (χ1v) is 6.41.